The molecular formula is C16H24N4O4. The van der Waals surface area contributed by atoms with Crippen molar-refractivity contribution in [2.45, 2.75) is 39.3 Å². The predicted molar refractivity (Wildman–Crippen MR) is 91.0 cm³/mol. The van der Waals surface area contributed by atoms with Gasteiger partial charge in [-0.05, 0) is 45.9 Å². The van der Waals surface area contributed by atoms with Gasteiger partial charge in [0.15, 0.2) is 0 Å². The minimum atomic E-state index is -0.741. The SMILES string of the molecule is COc1ccc(C(N)=O)cc1NC(=O)NC(C)C(=O)NC(C)(C)C. The Bertz CT molecular complexity index is 637. The van der Waals surface area contributed by atoms with Gasteiger partial charge >= 0.3 is 6.03 Å². The molecule has 0 heterocycles. The van der Waals surface area contributed by atoms with Crippen LogP contribution in [0.1, 0.15) is 38.1 Å². The molecule has 24 heavy (non-hydrogen) atoms. The molecule has 1 aromatic carbocycles. The van der Waals surface area contributed by atoms with Gasteiger partial charge in [-0.25, -0.2) is 4.79 Å². The molecule has 132 valence electrons. The summed E-state index contributed by atoms with van der Waals surface area (Å²) < 4.78 is 5.13. The zero-order valence-corrected chi connectivity index (χ0v) is 14.5. The van der Waals surface area contributed by atoms with E-state index in [1.165, 1.54) is 25.3 Å². The summed E-state index contributed by atoms with van der Waals surface area (Å²) in [6.45, 7) is 7.10. The molecule has 1 atom stereocenters. The molecule has 0 saturated carbocycles. The standard InChI is InChI=1S/C16H24N4O4/c1-9(14(22)20-16(2,3)4)18-15(23)19-11-8-10(13(17)21)6-7-12(11)24-5/h6-9H,1-5H3,(H2,17,21)(H,20,22)(H2,18,19,23). The van der Waals surface area contributed by atoms with Crippen LogP contribution in [0, 0.1) is 0 Å². The molecule has 0 saturated heterocycles. The molecule has 0 spiro atoms. The van der Waals surface area contributed by atoms with Crippen molar-refractivity contribution >= 4 is 23.5 Å². The number of nitrogens with two attached hydrogens (primary N) is 1. The van der Waals surface area contributed by atoms with Gasteiger partial charge in [0.05, 0.1) is 12.8 Å². The fourth-order valence-electron chi connectivity index (χ4n) is 1.86. The first kappa shape index (κ1) is 19.3. The van der Waals surface area contributed by atoms with Gasteiger partial charge in [0.1, 0.15) is 11.8 Å². The van der Waals surface area contributed by atoms with Crippen LogP contribution in [0.15, 0.2) is 18.2 Å². The lowest BCUT2D eigenvalue weighted by atomic mass is 10.1. The summed E-state index contributed by atoms with van der Waals surface area (Å²) in [6, 6.07) is 3.07. The van der Waals surface area contributed by atoms with Crippen LogP contribution in [0.2, 0.25) is 0 Å². The van der Waals surface area contributed by atoms with Crippen molar-refractivity contribution in [1.29, 1.82) is 0 Å². The van der Waals surface area contributed by atoms with Crippen LogP contribution < -0.4 is 26.4 Å². The number of methoxy groups -OCH3 is 1. The fraction of sp³-hybridized carbons (Fsp3) is 0.438. The first-order valence-electron chi connectivity index (χ1n) is 7.41. The third kappa shape index (κ3) is 5.79. The summed E-state index contributed by atoms with van der Waals surface area (Å²) >= 11 is 0. The van der Waals surface area contributed by atoms with E-state index >= 15 is 0 Å². The number of ether oxygens (including phenoxy) is 1. The number of carbonyl (C=O) groups is 3. The molecule has 1 rings (SSSR count). The zero-order valence-electron chi connectivity index (χ0n) is 14.5. The van der Waals surface area contributed by atoms with Crippen LogP contribution >= 0.6 is 0 Å². The van der Waals surface area contributed by atoms with E-state index in [0.29, 0.717) is 5.75 Å². The van der Waals surface area contributed by atoms with E-state index in [4.69, 9.17) is 10.5 Å². The Kier molecular flexibility index (Phi) is 6.16. The number of carbonyl (C=O) groups excluding carboxylic acids is 3. The molecule has 0 aliphatic carbocycles. The predicted octanol–water partition coefficient (Wildman–Crippen LogP) is 1.22. The molecule has 1 aromatic rings. The van der Waals surface area contributed by atoms with Crippen molar-refractivity contribution in [1.82, 2.24) is 10.6 Å². The van der Waals surface area contributed by atoms with E-state index in [9.17, 15) is 14.4 Å². The van der Waals surface area contributed by atoms with Gasteiger partial charge in [0.2, 0.25) is 11.8 Å². The number of benzene rings is 1. The Morgan fingerprint density at radius 3 is 2.33 bits per heavy atom. The molecule has 0 aromatic heterocycles. The van der Waals surface area contributed by atoms with Gasteiger partial charge in [-0.2, -0.15) is 0 Å². The molecule has 0 fully saturated rings. The molecule has 5 N–H and O–H groups in total. The molecule has 4 amide bonds. The van der Waals surface area contributed by atoms with Crippen molar-refractivity contribution < 1.29 is 19.1 Å². The molecule has 8 heteroatoms. The maximum absolute atomic E-state index is 12.1. The Morgan fingerprint density at radius 1 is 1.21 bits per heavy atom. The number of hydrogen-bond acceptors (Lipinski definition) is 4. The first-order chi connectivity index (χ1) is 11.0. The lowest BCUT2D eigenvalue weighted by molar-refractivity contribution is -0.123. The molecule has 0 aliphatic heterocycles. The number of primary amides is 1. The smallest absolute Gasteiger partial charge is 0.319 e. The fourth-order valence-corrected chi connectivity index (χ4v) is 1.86. The normalized spacial score (nSPS) is 12.0. The van der Waals surface area contributed by atoms with Crippen LogP contribution in [0.25, 0.3) is 0 Å². The third-order valence-corrected chi connectivity index (χ3v) is 2.97. The molecule has 0 radical (unpaired) electrons. The Balaban J connectivity index is 2.79. The van der Waals surface area contributed by atoms with Crippen molar-refractivity contribution in [2.75, 3.05) is 12.4 Å². The van der Waals surface area contributed by atoms with E-state index in [1.54, 1.807) is 6.92 Å². The van der Waals surface area contributed by atoms with Gasteiger partial charge in [0, 0.05) is 11.1 Å². The number of nitrogens with one attached hydrogen (secondary N) is 3. The van der Waals surface area contributed by atoms with Crippen LogP contribution in [-0.4, -0.2) is 36.5 Å². The second kappa shape index (κ2) is 7.67. The van der Waals surface area contributed by atoms with E-state index in [0.717, 1.165) is 0 Å². The highest BCUT2D eigenvalue weighted by Crippen LogP contribution is 2.25. The minimum Gasteiger partial charge on any atom is -0.495 e. The summed E-state index contributed by atoms with van der Waals surface area (Å²) in [5.74, 6) is -0.573. The number of anilines is 1. The molecular weight excluding hydrogens is 312 g/mol. The highest BCUT2D eigenvalue weighted by molar-refractivity contribution is 5.98. The van der Waals surface area contributed by atoms with Gasteiger partial charge in [-0.15, -0.1) is 0 Å². The van der Waals surface area contributed by atoms with Crippen molar-refractivity contribution in [3.05, 3.63) is 23.8 Å². The first-order valence-corrected chi connectivity index (χ1v) is 7.41. The van der Waals surface area contributed by atoms with Crippen LogP contribution in [0.5, 0.6) is 5.75 Å². The number of rotatable bonds is 5. The Hall–Kier alpha value is -2.77. The van der Waals surface area contributed by atoms with Gasteiger partial charge in [-0.1, -0.05) is 0 Å². The average Bonchev–Trinajstić information content (AvgIpc) is 2.45. The quantitative estimate of drug-likeness (QED) is 0.645. The lowest BCUT2D eigenvalue weighted by Gasteiger charge is -2.23. The number of amides is 4. The van der Waals surface area contributed by atoms with Crippen LogP contribution in [0.3, 0.4) is 0 Å². The summed E-state index contributed by atoms with van der Waals surface area (Å²) in [7, 11) is 1.43. The van der Waals surface area contributed by atoms with Crippen LogP contribution in [0.4, 0.5) is 10.5 Å². The Morgan fingerprint density at radius 2 is 1.83 bits per heavy atom. The van der Waals surface area contributed by atoms with E-state index in [1.807, 2.05) is 20.8 Å². The monoisotopic (exact) mass is 336 g/mol. The molecule has 0 bridgehead atoms. The Labute approximate surface area is 141 Å². The van der Waals surface area contributed by atoms with E-state index in [-0.39, 0.29) is 17.2 Å². The topological polar surface area (TPSA) is 123 Å². The van der Waals surface area contributed by atoms with Gasteiger partial charge in [-0.3, -0.25) is 9.59 Å². The summed E-state index contributed by atoms with van der Waals surface area (Å²) in [4.78, 5) is 35.3. The maximum Gasteiger partial charge on any atom is 0.319 e. The van der Waals surface area contributed by atoms with Crippen LogP contribution in [-0.2, 0) is 4.79 Å². The summed E-state index contributed by atoms with van der Waals surface area (Å²) in [5.41, 5.74) is 5.32. The highest BCUT2D eigenvalue weighted by atomic mass is 16.5. The highest BCUT2D eigenvalue weighted by Gasteiger charge is 2.21. The third-order valence-electron chi connectivity index (χ3n) is 2.97. The molecule has 8 nitrogen and oxygen atoms in total. The van der Waals surface area contributed by atoms with Crippen molar-refractivity contribution in [3.63, 3.8) is 0 Å². The lowest BCUT2D eigenvalue weighted by Crippen LogP contribution is -2.51. The number of hydrogen-bond donors (Lipinski definition) is 4. The second-order valence-electron chi connectivity index (χ2n) is 6.34. The van der Waals surface area contributed by atoms with E-state index < -0.39 is 23.5 Å². The van der Waals surface area contributed by atoms with Gasteiger partial charge < -0.3 is 26.4 Å². The largest absolute Gasteiger partial charge is 0.495 e. The number of urea groups is 1. The summed E-state index contributed by atoms with van der Waals surface area (Å²) in [5, 5.41) is 7.83. The second-order valence-corrected chi connectivity index (χ2v) is 6.34. The van der Waals surface area contributed by atoms with Crippen molar-refractivity contribution in [2.24, 2.45) is 5.73 Å². The summed E-state index contributed by atoms with van der Waals surface area (Å²) in [6.07, 6.45) is 0. The van der Waals surface area contributed by atoms with Crippen molar-refractivity contribution in [3.8, 4) is 5.75 Å². The zero-order chi connectivity index (χ0) is 18.5. The molecule has 1 unspecified atom stereocenters. The average molecular weight is 336 g/mol. The maximum atomic E-state index is 12.1. The van der Waals surface area contributed by atoms with E-state index in [2.05, 4.69) is 16.0 Å². The molecule has 0 aliphatic rings. The van der Waals surface area contributed by atoms with Gasteiger partial charge in [0.25, 0.3) is 0 Å². The minimum absolute atomic E-state index is 0.227.